The number of ether oxygens (including phenoxy) is 1. The third kappa shape index (κ3) is 4.56. The van der Waals surface area contributed by atoms with Gasteiger partial charge in [0.25, 0.3) is 0 Å². The molecule has 0 aliphatic rings. The first-order valence-corrected chi connectivity index (χ1v) is 8.05. The Balaban J connectivity index is 2.45. The maximum absolute atomic E-state index is 14.4. The number of ketones is 1. The van der Waals surface area contributed by atoms with E-state index in [1.54, 1.807) is 6.07 Å². The molecule has 0 amide bonds. The van der Waals surface area contributed by atoms with Crippen molar-refractivity contribution in [3.05, 3.63) is 61.5 Å². The van der Waals surface area contributed by atoms with Gasteiger partial charge in [0.2, 0.25) is 5.78 Å². The monoisotopic (exact) mass is 416 g/mol. The van der Waals surface area contributed by atoms with E-state index < -0.39 is 29.6 Å². The molecule has 6 nitrogen and oxygen atoms in total. The van der Waals surface area contributed by atoms with Crippen molar-refractivity contribution in [1.82, 2.24) is 9.78 Å². The molecular weight excluding hydrogens is 402 g/mol. The van der Waals surface area contributed by atoms with E-state index in [1.807, 2.05) is 0 Å². The number of aromatic nitrogens is 2. The van der Waals surface area contributed by atoms with E-state index in [0.717, 1.165) is 0 Å². The first-order valence-electron chi connectivity index (χ1n) is 7.26. The maximum Gasteiger partial charge on any atom is 0.302 e. The van der Waals surface area contributed by atoms with Crippen LogP contribution in [0, 0.1) is 11.6 Å². The summed E-state index contributed by atoms with van der Waals surface area (Å²) in [5.74, 6) is -2.44. The van der Waals surface area contributed by atoms with Crippen molar-refractivity contribution >= 4 is 21.7 Å². The fraction of sp³-hybridized carbons (Fsp3) is 0.312. The van der Waals surface area contributed by atoms with Gasteiger partial charge < -0.3 is 9.84 Å². The summed E-state index contributed by atoms with van der Waals surface area (Å²) in [5.41, 5.74) is -1.50. The zero-order chi connectivity index (χ0) is 18.6. The van der Waals surface area contributed by atoms with Gasteiger partial charge in [0.05, 0.1) is 13.2 Å². The minimum Gasteiger partial charge on any atom is -0.394 e. The molecular formula is C16H15BrF2N2O4. The number of carbonyl (C=O) groups excluding carboxylic acids is 1. The Bertz CT molecular complexity index is 855. The Kier molecular flexibility index (Phi) is 6.51. The Morgan fingerprint density at radius 1 is 1.40 bits per heavy atom. The molecule has 0 saturated carbocycles. The summed E-state index contributed by atoms with van der Waals surface area (Å²) < 4.78 is 34.6. The minimum atomic E-state index is -1.16. The van der Waals surface area contributed by atoms with E-state index in [2.05, 4.69) is 21.0 Å². The largest absolute Gasteiger partial charge is 0.394 e. The normalized spacial score (nSPS) is 10.9. The predicted molar refractivity (Wildman–Crippen MR) is 88.6 cm³/mol. The average Bonchev–Trinajstić information content (AvgIpc) is 2.57. The Morgan fingerprint density at radius 2 is 2.12 bits per heavy atom. The predicted octanol–water partition coefficient (Wildman–Crippen LogP) is 1.60. The third-order valence-electron chi connectivity index (χ3n) is 3.40. The van der Waals surface area contributed by atoms with Crippen LogP contribution in [-0.4, -0.2) is 40.5 Å². The van der Waals surface area contributed by atoms with E-state index in [9.17, 15) is 18.4 Å². The van der Waals surface area contributed by atoms with Gasteiger partial charge in [-0.1, -0.05) is 22.0 Å². The molecule has 25 heavy (non-hydrogen) atoms. The molecule has 2 rings (SSSR count). The second-order valence-corrected chi connectivity index (χ2v) is 6.10. The third-order valence-corrected chi connectivity index (χ3v) is 3.89. The quantitative estimate of drug-likeness (QED) is 0.547. The summed E-state index contributed by atoms with van der Waals surface area (Å²) in [6, 6.07) is 4.19. The lowest BCUT2D eigenvalue weighted by molar-refractivity contribution is 0.0656. The molecule has 0 radical (unpaired) electrons. The molecule has 134 valence electrons. The van der Waals surface area contributed by atoms with E-state index in [4.69, 9.17) is 9.84 Å². The molecule has 0 bridgehead atoms. The Hall–Kier alpha value is -1.97. The molecule has 0 aliphatic heterocycles. The SMILES string of the molecule is Cn1nc(C(=O)COCCO)c(Cc2ccc(Br)cc2F)c(F)c1=O. The standard InChI is InChI=1S/C16H15BrF2N2O4/c1-21-16(24)14(19)11(6-9-2-3-10(17)7-12(9)18)15(20-21)13(23)8-25-5-4-22/h2-3,7,22H,4-6,8H2,1H3. The van der Waals surface area contributed by atoms with Gasteiger partial charge in [-0.2, -0.15) is 5.10 Å². The van der Waals surface area contributed by atoms with Gasteiger partial charge in [-0.15, -0.1) is 0 Å². The number of hydrogen-bond donors (Lipinski definition) is 1. The van der Waals surface area contributed by atoms with Gasteiger partial charge in [-0.05, 0) is 17.7 Å². The molecule has 0 spiro atoms. The number of aliphatic hydroxyl groups is 1. The van der Waals surface area contributed by atoms with Crippen molar-refractivity contribution in [3.8, 4) is 0 Å². The van der Waals surface area contributed by atoms with Crippen molar-refractivity contribution in [2.45, 2.75) is 6.42 Å². The zero-order valence-corrected chi connectivity index (χ0v) is 14.8. The summed E-state index contributed by atoms with van der Waals surface area (Å²) in [4.78, 5) is 24.0. The van der Waals surface area contributed by atoms with Crippen molar-refractivity contribution in [2.75, 3.05) is 19.8 Å². The lowest BCUT2D eigenvalue weighted by Gasteiger charge is -2.11. The van der Waals surface area contributed by atoms with E-state index in [0.29, 0.717) is 9.15 Å². The Morgan fingerprint density at radius 3 is 2.76 bits per heavy atom. The lowest BCUT2D eigenvalue weighted by atomic mass is 10.0. The molecule has 0 saturated heterocycles. The number of rotatable bonds is 7. The van der Waals surface area contributed by atoms with Crippen LogP contribution in [-0.2, 0) is 18.2 Å². The molecule has 1 N–H and O–H groups in total. The summed E-state index contributed by atoms with van der Waals surface area (Å²) in [6.45, 7) is -0.795. The summed E-state index contributed by atoms with van der Waals surface area (Å²) in [7, 11) is 1.21. The highest BCUT2D eigenvalue weighted by Crippen LogP contribution is 2.20. The highest BCUT2D eigenvalue weighted by molar-refractivity contribution is 9.10. The molecule has 1 heterocycles. The fourth-order valence-corrected chi connectivity index (χ4v) is 2.50. The number of benzene rings is 1. The Labute approximate surface area is 150 Å². The van der Waals surface area contributed by atoms with Gasteiger partial charge in [-0.3, -0.25) is 9.59 Å². The number of aliphatic hydroxyl groups excluding tert-OH is 1. The maximum atomic E-state index is 14.4. The minimum absolute atomic E-state index is 0.0728. The van der Waals surface area contributed by atoms with Gasteiger partial charge in [-0.25, -0.2) is 13.5 Å². The van der Waals surface area contributed by atoms with Crippen LogP contribution in [0.4, 0.5) is 8.78 Å². The summed E-state index contributed by atoms with van der Waals surface area (Å²) in [6.07, 6.45) is -0.310. The summed E-state index contributed by atoms with van der Waals surface area (Å²) in [5, 5.41) is 12.5. The van der Waals surface area contributed by atoms with Crippen molar-refractivity contribution in [1.29, 1.82) is 0 Å². The fourth-order valence-electron chi connectivity index (χ4n) is 2.17. The van der Waals surface area contributed by atoms with E-state index in [1.165, 1.54) is 19.2 Å². The van der Waals surface area contributed by atoms with Gasteiger partial charge in [0.15, 0.2) is 5.82 Å². The van der Waals surface area contributed by atoms with Crippen LogP contribution < -0.4 is 5.56 Å². The van der Waals surface area contributed by atoms with E-state index in [-0.39, 0.29) is 36.5 Å². The molecule has 0 atom stereocenters. The number of aryl methyl sites for hydroxylation is 1. The molecule has 0 fully saturated rings. The number of nitrogens with zero attached hydrogens (tertiary/aromatic N) is 2. The van der Waals surface area contributed by atoms with Crippen LogP contribution in [0.1, 0.15) is 21.6 Å². The molecule has 2 aromatic rings. The number of hydrogen-bond acceptors (Lipinski definition) is 5. The van der Waals surface area contributed by atoms with Crippen LogP contribution >= 0.6 is 15.9 Å². The van der Waals surface area contributed by atoms with Crippen LogP contribution in [0.2, 0.25) is 0 Å². The second kappa shape index (κ2) is 8.41. The van der Waals surface area contributed by atoms with Crippen LogP contribution in [0.3, 0.4) is 0 Å². The molecule has 0 aliphatic carbocycles. The lowest BCUT2D eigenvalue weighted by Crippen LogP contribution is -2.29. The number of halogens is 3. The second-order valence-electron chi connectivity index (χ2n) is 5.18. The smallest absolute Gasteiger partial charge is 0.302 e. The number of carbonyl (C=O) groups is 1. The van der Waals surface area contributed by atoms with Crippen molar-refractivity contribution in [2.24, 2.45) is 7.05 Å². The van der Waals surface area contributed by atoms with Gasteiger partial charge >= 0.3 is 5.56 Å². The van der Waals surface area contributed by atoms with Crippen molar-refractivity contribution in [3.63, 3.8) is 0 Å². The molecule has 9 heteroatoms. The summed E-state index contributed by atoms with van der Waals surface area (Å²) >= 11 is 3.12. The highest BCUT2D eigenvalue weighted by atomic mass is 79.9. The van der Waals surface area contributed by atoms with E-state index >= 15 is 0 Å². The van der Waals surface area contributed by atoms with Crippen LogP contribution in [0.15, 0.2) is 27.5 Å². The number of Topliss-reactive ketones (excluding diaryl/α,β-unsaturated/α-hetero) is 1. The highest BCUT2D eigenvalue weighted by Gasteiger charge is 2.22. The van der Waals surface area contributed by atoms with Crippen LogP contribution in [0.25, 0.3) is 0 Å². The molecule has 1 aromatic heterocycles. The van der Waals surface area contributed by atoms with Crippen molar-refractivity contribution < 1.29 is 23.4 Å². The van der Waals surface area contributed by atoms with Gasteiger partial charge in [0, 0.05) is 23.5 Å². The zero-order valence-electron chi connectivity index (χ0n) is 13.3. The first-order chi connectivity index (χ1) is 11.8. The molecule has 0 unspecified atom stereocenters. The molecule has 1 aromatic carbocycles. The first kappa shape index (κ1) is 19.4. The topological polar surface area (TPSA) is 81.4 Å². The average molecular weight is 417 g/mol. The van der Waals surface area contributed by atoms with Crippen LogP contribution in [0.5, 0.6) is 0 Å². The van der Waals surface area contributed by atoms with Gasteiger partial charge in [0.1, 0.15) is 18.1 Å².